The van der Waals surface area contributed by atoms with Crippen LogP contribution in [0.3, 0.4) is 0 Å². The van der Waals surface area contributed by atoms with Gasteiger partial charge in [0.1, 0.15) is 10.4 Å². The molecule has 0 aliphatic carbocycles. The maximum absolute atomic E-state index is 12.0. The number of benzene rings is 1. The first kappa shape index (κ1) is 17.8. The number of rotatable bonds is 6. The molecule has 2 N–H and O–H groups in total. The molecule has 0 radical (unpaired) electrons. The average Bonchev–Trinajstić information content (AvgIpc) is 2.94. The maximum atomic E-state index is 12.0. The van der Waals surface area contributed by atoms with Gasteiger partial charge in [-0.1, -0.05) is 33.3 Å². The molecule has 0 bridgehead atoms. The minimum Gasteiger partial charge on any atom is -0.352 e. The molecule has 0 aliphatic heterocycles. The Balaban J connectivity index is 1.81. The molecule has 122 valence electrons. The number of carbonyl (C=O) groups is 2. The number of halogens is 2. The topological polar surface area (TPSA) is 84.0 Å². The van der Waals surface area contributed by atoms with Crippen LogP contribution in [0.15, 0.2) is 28.7 Å². The fraction of sp³-hybridized carbons (Fsp3) is 0.286. The van der Waals surface area contributed by atoms with Crippen molar-refractivity contribution in [1.82, 2.24) is 15.5 Å². The molecule has 1 atom stereocenters. The number of nitrogens with zero attached hydrogens (tertiary/aromatic N) is 2. The molecule has 0 aliphatic rings. The van der Waals surface area contributed by atoms with E-state index in [1.165, 1.54) is 11.3 Å². The van der Waals surface area contributed by atoms with Gasteiger partial charge in [0.2, 0.25) is 11.0 Å². The van der Waals surface area contributed by atoms with Gasteiger partial charge in [0, 0.05) is 23.0 Å². The van der Waals surface area contributed by atoms with Gasteiger partial charge in [-0.2, -0.15) is 0 Å². The van der Waals surface area contributed by atoms with E-state index in [2.05, 4.69) is 36.8 Å². The van der Waals surface area contributed by atoms with E-state index in [0.29, 0.717) is 23.7 Å². The highest BCUT2D eigenvalue weighted by Crippen LogP contribution is 2.16. The lowest BCUT2D eigenvalue weighted by Crippen LogP contribution is -2.25. The SMILES string of the molecule is C[C@H](Cl)C(=O)Nc1nnc(CCNC(=O)c2cccc(Br)c2)s1. The predicted octanol–water partition coefficient (Wildman–Crippen LogP) is 2.84. The lowest BCUT2D eigenvalue weighted by Gasteiger charge is -2.04. The van der Waals surface area contributed by atoms with Crippen molar-refractivity contribution in [3.63, 3.8) is 0 Å². The van der Waals surface area contributed by atoms with Gasteiger partial charge >= 0.3 is 0 Å². The maximum Gasteiger partial charge on any atom is 0.251 e. The molecule has 1 aromatic carbocycles. The number of hydrogen-bond acceptors (Lipinski definition) is 5. The number of anilines is 1. The molecule has 9 heteroatoms. The molecule has 2 rings (SSSR count). The fourth-order valence-electron chi connectivity index (χ4n) is 1.62. The van der Waals surface area contributed by atoms with E-state index in [-0.39, 0.29) is 11.8 Å². The summed E-state index contributed by atoms with van der Waals surface area (Å²) in [6.45, 7) is 2.01. The predicted molar refractivity (Wildman–Crippen MR) is 94.0 cm³/mol. The van der Waals surface area contributed by atoms with Crippen molar-refractivity contribution in [3.05, 3.63) is 39.3 Å². The molecular weight excluding hydrogens is 404 g/mol. The smallest absolute Gasteiger partial charge is 0.251 e. The van der Waals surface area contributed by atoms with Crippen molar-refractivity contribution in [1.29, 1.82) is 0 Å². The third-order valence-electron chi connectivity index (χ3n) is 2.77. The zero-order valence-electron chi connectivity index (χ0n) is 12.2. The minimum atomic E-state index is -0.633. The van der Waals surface area contributed by atoms with E-state index >= 15 is 0 Å². The van der Waals surface area contributed by atoms with Gasteiger partial charge in [-0.3, -0.25) is 14.9 Å². The molecule has 0 unspecified atom stereocenters. The van der Waals surface area contributed by atoms with Crippen molar-refractivity contribution in [2.45, 2.75) is 18.7 Å². The summed E-state index contributed by atoms with van der Waals surface area (Å²) in [7, 11) is 0. The third kappa shape index (κ3) is 5.56. The second kappa shape index (κ2) is 8.37. The molecule has 6 nitrogen and oxygen atoms in total. The van der Waals surface area contributed by atoms with Crippen LogP contribution < -0.4 is 10.6 Å². The zero-order chi connectivity index (χ0) is 16.8. The van der Waals surface area contributed by atoms with Gasteiger partial charge < -0.3 is 5.32 Å². The average molecular weight is 418 g/mol. The molecule has 2 amide bonds. The largest absolute Gasteiger partial charge is 0.352 e. The summed E-state index contributed by atoms with van der Waals surface area (Å²) in [4.78, 5) is 23.4. The Morgan fingerprint density at radius 2 is 2.17 bits per heavy atom. The number of nitrogens with one attached hydrogen (secondary N) is 2. The van der Waals surface area contributed by atoms with Crippen molar-refractivity contribution in [3.8, 4) is 0 Å². The molecule has 23 heavy (non-hydrogen) atoms. The van der Waals surface area contributed by atoms with Crippen molar-refractivity contribution >= 4 is 55.8 Å². The van der Waals surface area contributed by atoms with E-state index in [1.54, 1.807) is 25.1 Å². The van der Waals surface area contributed by atoms with E-state index in [0.717, 1.165) is 9.48 Å². The Morgan fingerprint density at radius 3 is 2.87 bits per heavy atom. The highest BCUT2D eigenvalue weighted by atomic mass is 79.9. The van der Waals surface area contributed by atoms with Gasteiger partial charge in [-0.25, -0.2) is 0 Å². The monoisotopic (exact) mass is 416 g/mol. The summed E-state index contributed by atoms with van der Waals surface area (Å²) in [5.41, 5.74) is 0.584. The van der Waals surface area contributed by atoms with Crippen molar-refractivity contribution in [2.24, 2.45) is 0 Å². The molecule has 0 saturated heterocycles. The fourth-order valence-corrected chi connectivity index (χ4v) is 2.82. The number of amides is 2. The highest BCUT2D eigenvalue weighted by molar-refractivity contribution is 9.10. The summed E-state index contributed by atoms with van der Waals surface area (Å²) in [5, 5.41) is 13.7. The number of aromatic nitrogens is 2. The van der Waals surface area contributed by atoms with Gasteiger partial charge in [-0.15, -0.1) is 21.8 Å². The summed E-state index contributed by atoms with van der Waals surface area (Å²) in [5.74, 6) is -0.474. The molecule has 2 aromatic rings. The standard InChI is InChI=1S/C14H14BrClN4O2S/c1-8(16)12(21)18-14-20-19-11(23-14)5-6-17-13(22)9-3-2-4-10(15)7-9/h2-4,7-8H,5-6H2,1H3,(H,17,22)(H,18,20,21)/t8-/m0/s1. The lowest BCUT2D eigenvalue weighted by molar-refractivity contribution is -0.115. The highest BCUT2D eigenvalue weighted by Gasteiger charge is 2.12. The number of hydrogen-bond donors (Lipinski definition) is 2. The van der Waals surface area contributed by atoms with Crippen LogP contribution in [0.1, 0.15) is 22.3 Å². The normalized spacial score (nSPS) is 11.8. The lowest BCUT2D eigenvalue weighted by atomic mass is 10.2. The van der Waals surface area contributed by atoms with E-state index in [1.807, 2.05) is 6.07 Å². The first-order valence-corrected chi connectivity index (χ1v) is 8.81. The minimum absolute atomic E-state index is 0.152. The Morgan fingerprint density at radius 1 is 1.39 bits per heavy atom. The quantitative estimate of drug-likeness (QED) is 0.708. The number of alkyl halides is 1. The van der Waals surface area contributed by atoms with Crippen LogP contribution in [-0.4, -0.2) is 33.9 Å². The summed E-state index contributed by atoms with van der Waals surface area (Å²) in [6.07, 6.45) is 0.531. The van der Waals surface area contributed by atoms with Gasteiger partial charge in [0.05, 0.1) is 0 Å². The Bertz CT molecular complexity index is 708. The third-order valence-corrected chi connectivity index (χ3v) is 4.36. The molecule has 0 spiro atoms. The van der Waals surface area contributed by atoms with E-state index < -0.39 is 5.38 Å². The van der Waals surface area contributed by atoms with Crippen LogP contribution in [0, 0.1) is 0 Å². The van der Waals surface area contributed by atoms with Crippen LogP contribution in [0.4, 0.5) is 5.13 Å². The summed E-state index contributed by atoms with van der Waals surface area (Å²) in [6, 6.07) is 7.15. The van der Waals surface area contributed by atoms with Crippen LogP contribution >= 0.6 is 38.9 Å². The molecular formula is C14H14BrClN4O2S. The van der Waals surface area contributed by atoms with Crippen molar-refractivity contribution in [2.75, 3.05) is 11.9 Å². The Kier molecular flexibility index (Phi) is 6.49. The Labute approximate surface area is 150 Å². The van der Waals surface area contributed by atoms with Crippen LogP contribution in [0.25, 0.3) is 0 Å². The molecule has 0 saturated carbocycles. The van der Waals surface area contributed by atoms with E-state index in [9.17, 15) is 9.59 Å². The van der Waals surface area contributed by atoms with Crippen LogP contribution in [0.5, 0.6) is 0 Å². The summed E-state index contributed by atoms with van der Waals surface area (Å²) >= 11 is 10.3. The molecule has 0 fully saturated rings. The second-order valence-corrected chi connectivity index (χ2v) is 7.25. The van der Waals surface area contributed by atoms with E-state index in [4.69, 9.17) is 11.6 Å². The van der Waals surface area contributed by atoms with Crippen LogP contribution in [-0.2, 0) is 11.2 Å². The Hall–Kier alpha value is -1.51. The molecule has 1 heterocycles. The first-order valence-electron chi connectivity index (χ1n) is 6.77. The molecule has 1 aromatic heterocycles. The zero-order valence-corrected chi connectivity index (χ0v) is 15.3. The van der Waals surface area contributed by atoms with Crippen molar-refractivity contribution < 1.29 is 9.59 Å². The number of carbonyl (C=O) groups excluding carboxylic acids is 2. The first-order chi connectivity index (χ1) is 11.0. The second-order valence-electron chi connectivity index (χ2n) is 4.62. The summed E-state index contributed by atoms with van der Waals surface area (Å²) < 4.78 is 0.850. The van der Waals surface area contributed by atoms with Crippen LogP contribution in [0.2, 0.25) is 0 Å². The van der Waals surface area contributed by atoms with Gasteiger partial charge in [-0.05, 0) is 25.1 Å². The van der Waals surface area contributed by atoms with Gasteiger partial charge in [0.25, 0.3) is 5.91 Å². The van der Waals surface area contributed by atoms with Gasteiger partial charge in [0.15, 0.2) is 0 Å².